The number of fused-ring (bicyclic) bond motifs is 5. The fourth-order valence-electron chi connectivity index (χ4n) is 4.74. The van der Waals surface area contributed by atoms with Gasteiger partial charge in [0.25, 0.3) is 0 Å². The van der Waals surface area contributed by atoms with Gasteiger partial charge in [-0.25, -0.2) is 0 Å². The van der Waals surface area contributed by atoms with Gasteiger partial charge in [-0.2, -0.15) is 0 Å². The van der Waals surface area contributed by atoms with E-state index in [-0.39, 0.29) is 5.91 Å². The van der Waals surface area contributed by atoms with Crippen LogP contribution in [0.5, 0.6) is 0 Å². The molecule has 3 saturated carbocycles. The van der Waals surface area contributed by atoms with Crippen LogP contribution in [0.3, 0.4) is 0 Å². The number of benzene rings is 1. The van der Waals surface area contributed by atoms with Gasteiger partial charge in [-0.15, -0.1) is 0 Å². The first-order valence-corrected chi connectivity index (χ1v) is 7.82. The second-order valence-corrected chi connectivity index (χ2v) is 6.81. The lowest BCUT2D eigenvalue weighted by Crippen LogP contribution is -2.32. The van der Waals surface area contributed by atoms with Crippen molar-refractivity contribution in [2.24, 2.45) is 23.7 Å². The van der Waals surface area contributed by atoms with Crippen LogP contribution in [-0.2, 0) is 4.79 Å². The molecule has 3 heteroatoms. The zero-order valence-electron chi connectivity index (χ0n) is 11.9. The number of aryl methyl sites for hydroxylation is 1. The minimum Gasteiger partial charge on any atom is -0.325 e. The van der Waals surface area contributed by atoms with Gasteiger partial charge in [0.1, 0.15) is 0 Å². The van der Waals surface area contributed by atoms with E-state index in [0.29, 0.717) is 12.6 Å². The van der Waals surface area contributed by atoms with Crippen molar-refractivity contribution in [1.29, 1.82) is 0 Å². The Morgan fingerprint density at radius 1 is 1.25 bits per heavy atom. The molecule has 2 N–H and O–H groups in total. The lowest BCUT2D eigenvalue weighted by Gasteiger charge is -2.11. The van der Waals surface area contributed by atoms with Gasteiger partial charge >= 0.3 is 0 Å². The summed E-state index contributed by atoms with van der Waals surface area (Å²) in [6.45, 7) is 2.49. The summed E-state index contributed by atoms with van der Waals surface area (Å²) in [5, 5.41) is 6.45. The number of nitrogens with one attached hydrogen (secondary N) is 2. The summed E-state index contributed by atoms with van der Waals surface area (Å²) in [6.07, 6.45) is 4.32. The molecule has 1 aromatic carbocycles. The Morgan fingerprint density at radius 2 is 2.00 bits per heavy atom. The van der Waals surface area contributed by atoms with Gasteiger partial charge in [0.05, 0.1) is 6.54 Å². The van der Waals surface area contributed by atoms with E-state index < -0.39 is 0 Å². The molecule has 4 atom stereocenters. The van der Waals surface area contributed by atoms with Gasteiger partial charge in [0, 0.05) is 11.7 Å². The SMILES string of the molecule is Cc1cccc(NC(=O)CNC2C3C4CCC(C4)C23)c1. The zero-order chi connectivity index (χ0) is 13.7. The molecule has 0 radical (unpaired) electrons. The smallest absolute Gasteiger partial charge is 0.238 e. The third kappa shape index (κ3) is 2.05. The van der Waals surface area contributed by atoms with Crippen molar-refractivity contribution in [2.75, 3.05) is 11.9 Å². The van der Waals surface area contributed by atoms with Crippen LogP contribution >= 0.6 is 0 Å². The molecule has 0 saturated heterocycles. The van der Waals surface area contributed by atoms with E-state index in [1.165, 1.54) is 24.8 Å². The minimum atomic E-state index is 0.0768. The molecule has 1 amide bonds. The number of hydrogen-bond acceptors (Lipinski definition) is 2. The molecule has 1 aromatic rings. The molecule has 4 unspecified atom stereocenters. The quantitative estimate of drug-likeness (QED) is 0.883. The van der Waals surface area contributed by atoms with Crippen LogP contribution in [0, 0.1) is 30.6 Å². The molecule has 3 aliphatic rings. The average molecular weight is 270 g/mol. The predicted octanol–water partition coefficient (Wildman–Crippen LogP) is 2.57. The number of carbonyl (C=O) groups is 1. The van der Waals surface area contributed by atoms with Crippen molar-refractivity contribution in [2.45, 2.75) is 32.2 Å². The second-order valence-electron chi connectivity index (χ2n) is 6.81. The molecule has 106 valence electrons. The van der Waals surface area contributed by atoms with Crippen molar-refractivity contribution >= 4 is 11.6 Å². The summed E-state index contributed by atoms with van der Waals surface area (Å²) in [6, 6.07) is 8.58. The molecular weight excluding hydrogens is 248 g/mol. The topological polar surface area (TPSA) is 41.1 Å². The Balaban J connectivity index is 1.27. The third-order valence-corrected chi connectivity index (χ3v) is 5.54. The molecule has 3 aliphatic carbocycles. The molecule has 4 rings (SSSR count). The molecule has 0 aliphatic heterocycles. The third-order valence-electron chi connectivity index (χ3n) is 5.54. The van der Waals surface area contributed by atoms with Crippen LogP contribution in [0.1, 0.15) is 24.8 Å². The van der Waals surface area contributed by atoms with Gasteiger partial charge in [-0.1, -0.05) is 12.1 Å². The molecule has 3 nitrogen and oxygen atoms in total. The molecular formula is C17H22N2O. The number of anilines is 1. The first-order valence-electron chi connectivity index (χ1n) is 7.82. The van der Waals surface area contributed by atoms with Gasteiger partial charge in [-0.05, 0) is 67.6 Å². The van der Waals surface area contributed by atoms with E-state index in [4.69, 9.17) is 0 Å². The van der Waals surface area contributed by atoms with Crippen LogP contribution in [0.25, 0.3) is 0 Å². The summed E-state index contributed by atoms with van der Waals surface area (Å²) in [5.41, 5.74) is 2.07. The highest BCUT2D eigenvalue weighted by atomic mass is 16.1. The summed E-state index contributed by atoms with van der Waals surface area (Å²) in [7, 11) is 0. The van der Waals surface area contributed by atoms with E-state index in [0.717, 1.165) is 29.4 Å². The Morgan fingerprint density at radius 3 is 2.70 bits per heavy atom. The first kappa shape index (κ1) is 12.4. The Labute approximate surface area is 120 Å². The number of rotatable bonds is 4. The fourth-order valence-corrected chi connectivity index (χ4v) is 4.74. The molecule has 2 bridgehead atoms. The van der Waals surface area contributed by atoms with E-state index in [1.54, 1.807) is 0 Å². The maximum atomic E-state index is 12.0. The Hall–Kier alpha value is -1.35. The minimum absolute atomic E-state index is 0.0768. The van der Waals surface area contributed by atoms with E-state index in [1.807, 2.05) is 31.2 Å². The van der Waals surface area contributed by atoms with Crippen molar-refractivity contribution < 1.29 is 4.79 Å². The maximum absolute atomic E-state index is 12.0. The summed E-state index contributed by atoms with van der Waals surface area (Å²) in [4.78, 5) is 12.0. The molecule has 0 heterocycles. The molecule has 0 aromatic heterocycles. The lowest BCUT2D eigenvalue weighted by molar-refractivity contribution is -0.115. The van der Waals surface area contributed by atoms with Crippen molar-refractivity contribution in [3.63, 3.8) is 0 Å². The highest BCUT2D eigenvalue weighted by Gasteiger charge is 2.64. The van der Waals surface area contributed by atoms with Crippen LogP contribution < -0.4 is 10.6 Å². The summed E-state index contributed by atoms with van der Waals surface area (Å²) >= 11 is 0. The van der Waals surface area contributed by atoms with Crippen molar-refractivity contribution in [1.82, 2.24) is 5.32 Å². The maximum Gasteiger partial charge on any atom is 0.238 e. The monoisotopic (exact) mass is 270 g/mol. The molecule has 20 heavy (non-hydrogen) atoms. The number of amides is 1. The average Bonchev–Trinajstić information content (AvgIpc) is 2.80. The predicted molar refractivity (Wildman–Crippen MR) is 79.4 cm³/mol. The summed E-state index contributed by atoms with van der Waals surface area (Å²) in [5.74, 6) is 3.78. The van der Waals surface area contributed by atoms with E-state index in [2.05, 4.69) is 10.6 Å². The lowest BCUT2D eigenvalue weighted by atomic mass is 10.0. The Bertz CT molecular complexity index is 526. The van der Waals surface area contributed by atoms with Crippen molar-refractivity contribution in [3.8, 4) is 0 Å². The number of hydrogen-bond donors (Lipinski definition) is 2. The standard InChI is InChI=1S/C17H22N2O/c1-10-3-2-4-13(7-10)19-14(20)9-18-17-15-11-5-6-12(8-11)16(15)17/h2-4,7,11-12,15-18H,5-6,8-9H2,1H3,(H,19,20). The van der Waals surface area contributed by atoms with E-state index >= 15 is 0 Å². The van der Waals surface area contributed by atoms with Gasteiger partial charge in [0.15, 0.2) is 0 Å². The van der Waals surface area contributed by atoms with E-state index in [9.17, 15) is 4.79 Å². The van der Waals surface area contributed by atoms with Gasteiger partial charge in [0.2, 0.25) is 5.91 Å². The molecule has 0 spiro atoms. The largest absolute Gasteiger partial charge is 0.325 e. The fraction of sp³-hybridized carbons (Fsp3) is 0.588. The first-order chi connectivity index (χ1) is 9.72. The summed E-state index contributed by atoms with van der Waals surface area (Å²) < 4.78 is 0. The second kappa shape index (κ2) is 4.59. The highest BCUT2D eigenvalue weighted by molar-refractivity contribution is 5.92. The van der Waals surface area contributed by atoms with Crippen LogP contribution in [0.4, 0.5) is 5.69 Å². The van der Waals surface area contributed by atoms with Crippen LogP contribution in [0.2, 0.25) is 0 Å². The molecule has 3 fully saturated rings. The highest BCUT2D eigenvalue weighted by Crippen LogP contribution is 2.65. The Kier molecular flexibility index (Phi) is 2.84. The zero-order valence-corrected chi connectivity index (χ0v) is 11.9. The van der Waals surface area contributed by atoms with Crippen LogP contribution in [-0.4, -0.2) is 18.5 Å². The van der Waals surface area contributed by atoms with Gasteiger partial charge in [-0.3, -0.25) is 4.79 Å². The van der Waals surface area contributed by atoms with Crippen molar-refractivity contribution in [3.05, 3.63) is 29.8 Å². The van der Waals surface area contributed by atoms with Crippen LogP contribution in [0.15, 0.2) is 24.3 Å². The number of carbonyl (C=O) groups excluding carboxylic acids is 1. The van der Waals surface area contributed by atoms with Gasteiger partial charge < -0.3 is 10.6 Å². The normalized spacial score (nSPS) is 36.8.